The van der Waals surface area contributed by atoms with Gasteiger partial charge < -0.3 is 23.8 Å². The Morgan fingerprint density at radius 1 is 1.20 bits per heavy atom. The number of ether oxygens (including phenoxy) is 2. The number of hydrogen-bond donors (Lipinski definition) is 3. The average Bonchev–Trinajstić information content (AvgIpc) is 3.43. The Balaban J connectivity index is 1.89. The van der Waals surface area contributed by atoms with Crippen molar-refractivity contribution in [2.24, 2.45) is 5.92 Å². The number of aromatic nitrogens is 4. The van der Waals surface area contributed by atoms with Gasteiger partial charge in [-0.05, 0) is 23.6 Å². The van der Waals surface area contributed by atoms with E-state index in [0.29, 0.717) is 16.0 Å². The minimum absolute atomic E-state index is 0.0250. The zero-order chi connectivity index (χ0) is 30.6. The fourth-order valence-corrected chi connectivity index (χ4v) is 9.40. The number of nitrogens with one attached hydrogen (secondary N) is 1. The molecule has 41 heavy (non-hydrogen) atoms. The summed E-state index contributed by atoms with van der Waals surface area (Å²) in [5, 5.41) is 15.3. The Hall–Kier alpha value is -1.32. The summed E-state index contributed by atoms with van der Waals surface area (Å²) in [5.41, 5.74) is 0.395. The van der Waals surface area contributed by atoms with Gasteiger partial charge in [-0.2, -0.15) is 21.7 Å². The maximum Gasteiger partial charge on any atom is 0.341 e. The summed E-state index contributed by atoms with van der Waals surface area (Å²) in [5.74, 6) is -0.521. The normalized spacial score (nSPS) is 24.4. The molecule has 0 aliphatic carbocycles. The SMILES string of the molecule is COC[C@H]1O[C@@H](n2cnc3c(Cl)nc(NC(=O)C(C)C)nc32)[C@H](O)[C@@H]1O[Si](O)(C(C)C)C(C)CCC(C)SC(C)C. The van der Waals surface area contributed by atoms with Gasteiger partial charge in [-0.25, -0.2) is 4.98 Å². The van der Waals surface area contributed by atoms with Crippen molar-refractivity contribution < 1.29 is 28.6 Å². The van der Waals surface area contributed by atoms with Crippen LogP contribution in [0.1, 0.15) is 74.5 Å². The average molecular weight is 632 g/mol. The smallest absolute Gasteiger partial charge is 0.341 e. The second-order valence-electron chi connectivity index (χ2n) is 11.8. The summed E-state index contributed by atoms with van der Waals surface area (Å²) >= 11 is 8.30. The predicted octanol–water partition coefficient (Wildman–Crippen LogP) is 4.91. The number of aliphatic hydroxyl groups is 1. The van der Waals surface area contributed by atoms with Crippen LogP contribution in [0, 0.1) is 5.92 Å². The first-order chi connectivity index (χ1) is 19.2. The Morgan fingerprint density at radius 3 is 2.46 bits per heavy atom. The van der Waals surface area contributed by atoms with Crippen molar-refractivity contribution >= 4 is 54.9 Å². The lowest BCUT2D eigenvalue weighted by molar-refractivity contribution is -0.118. The van der Waals surface area contributed by atoms with Gasteiger partial charge in [-0.1, -0.05) is 67.0 Å². The molecule has 1 saturated heterocycles. The van der Waals surface area contributed by atoms with Crippen LogP contribution < -0.4 is 5.32 Å². The second-order valence-corrected chi connectivity index (χ2v) is 18.0. The van der Waals surface area contributed by atoms with Gasteiger partial charge in [0.15, 0.2) is 17.0 Å². The maximum atomic E-state index is 12.2. The van der Waals surface area contributed by atoms with E-state index in [2.05, 4.69) is 41.0 Å². The highest BCUT2D eigenvalue weighted by Crippen LogP contribution is 2.41. The number of aliphatic hydroxyl groups excluding tert-OH is 1. The van der Waals surface area contributed by atoms with E-state index in [-0.39, 0.29) is 46.3 Å². The minimum atomic E-state index is -3.35. The fourth-order valence-electron chi connectivity index (χ4n) is 5.04. The quantitative estimate of drug-likeness (QED) is 0.195. The highest BCUT2D eigenvalue weighted by Gasteiger charge is 2.53. The molecule has 0 bridgehead atoms. The van der Waals surface area contributed by atoms with Gasteiger partial charge in [0, 0.05) is 23.8 Å². The molecule has 7 atom stereocenters. The van der Waals surface area contributed by atoms with Crippen molar-refractivity contribution in [1.82, 2.24) is 19.5 Å². The van der Waals surface area contributed by atoms with Crippen molar-refractivity contribution in [2.75, 3.05) is 19.0 Å². The number of anilines is 1. The number of thioether (sulfide) groups is 1. The van der Waals surface area contributed by atoms with Crippen LogP contribution >= 0.6 is 23.4 Å². The number of rotatable bonds is 14. The third kappa shape index (κ3) is 7.99. The van der Waals surface area contributed by atoms with Crippen molar-refractivity contribution in [2.45, 2.75) is 114 Å². The van der Waals surface area contributed by atoms with Gasteiger partial charge in [-0.15, -0.1) is 0 Å². The van der Waals surface area contributed by atoms with E-state index in [9.17, 15) is 14.7 Å². The molecule has 3 rings (SSSR count). The number of imidazole rings is 1. The monoisotopic (exact) mass is 631 g/mol. The van der Waals surface area contributed by atoms with E-state index in [1.807, 2.05) is 32.5 Å². The summed E-state index contributed by atoms with van der Waals surface area (Å²) in [7, 11) is -1.81. The molecular formula is C27H46ClN5O6SSi. The third-order valence-electron chi connectivity index (χ3n) is 7.42. The first kappa shape index (κ1) is 34.2. The van der Waals surface area contributed by atoms with E-state index in [1.54, 1.807) is 25.5 Å². The lowest BCUT2D eigenvalue weighted by Gasteiger charge is -2.38. The molecule has 1 fully saturated rings. The summed E-state index contributed by atoms with van der Waals surface area (Å²) in [6.07, 6.45) is -0.393. The standard InChI is InChI=1S/C27H46ClN5O6SSi/c1-14(2)25(35)32-27-30-23(28)20-24(31-27)33(13-29-20)26-21(34)22(19(38-26)12-37-9)39-41(36,16(5)6)18(8)11-10-17(7)40-15(3)4/h13-19,21-22,26,34,36H,10-12H2,1-9H3,(H,30,31,32,35)/t17?,18?,19-,21-,22-,26-,41?/m1/s1. The molecule has 14 heteroatoms. The van der Waals surface area contributed by atoms with Gasteiger partial charge in [0.05, 0.1) is 12.9 Å². The molecule has 2 aromatic rings. The molecule has 1 aliphatic heterocycles. The predicted molar refractivity (Wildman–Crippen MR) is 164 cm³/mol. The molecule has 11 nitrogen and oxygen atoms in total. The lowest BCUT2D eigenvalue weighted by Crippen LogP contribution is -2.53. The van der Waals surface area contributed by atoms with Crippen LogP contribution in [0.15, 0.2) is 6.33 Å². The zero-order valence-electron chi connectivity index (χ0n) is 25.5. The molecule has 3 unspecified atom stereocenters. The van der Waals surface area contributed by atoms with Crippen LogP contribution in [0.5, 0.6) is 0 Å². The number of hydrogen-bond acceptors (Lipinski definition) is 10. The van der Waals surface area contributed by atoms with Gasteiger partial charge >= 0.3 is 8.56 Å². The molecule has 1 amide bonds. The first-order valence-electron chi connectivity index (χ1n) is 14.3. The molecule has 0 spiro atoms. The number of methoxy groups -OCH3 is 1. The Kier molecular flexibility index (Phi) is 12.0. The molecular weight excluding hydrogens is 586 g/mol. The fraction of sp³-hybridized carbons (Fsp3) is 0.778. The van der Waals surface area contributed by atoms with Crippen LogP contribution in [-0.2, 0) is 18.7 Å². The first-order valence-corrected chi connectivity index (χ1v) is 17.6. The minimum Gasteiger partial charge on any atom is -0.410 e. The molecule has 0 radical (unpaired) electrons. The molecule has 1 aliphatic rings. The van der Waals surface area contributed by atoms with E-state index >= 15 is 0 Å². The Morgan fingerprint density at radius 2 is 1.88 bits per heavy atom. The summed E-state index contributed by atoms with van der Waals surface area (Å²) in [4.78, 5) is 37.2. The molecule has 0 aromatic carbocycles. The number of fused-ring (bicyclic) bond motifs is 1. The van der Waals surface area contributed by atoms with E-state index in [4.69, 9.17) is 25.5 Å². The van der Waals surface area contributed by atoms with Gasteiger partial charge in [0.1, 0.15) is 23.8 Å². The largest absolute Gasteiger partial charge is 0.410 e. The van der Waals surface area contributed by atoms with Crippen LogP contribution in [0.4, 0.5) is 5.95 Å². The van der Waals surface area contributed by atoms with Gasteiger partial charge in [-0.3, -0.25) is 14.7 Å². The third-order valence-corrected chi connectivity index (χ3v) is 12.9. The van der Waals surface area contributed by atoms with Crippen molar-refractivity contribution in [3.63, 3.8) is 0 Å². The molecule has 3 N–H and O–H groups in total. The van der Waals surface area contributed by atoms with Crippen LogP contribution in [-0.4, -0.2) is 86.4 Å². The highest BCUT2D eigenvalue weighted by atomic mass is 35.5. The van der Waals surface area contributed by atoms with Crippen molar-refractivity contribution in [3.05, 3.63) is 11.5 Å². The van der Waals surface area contributed by atoms with Gasteiger partial charge in [0.2, 0.25) is 11.9 Å². The number of nitrogens with zero attached hydrogens (tertiary/aromatic N) is 4. The van der Waals surface area contributed by atoms with E-state index in [0.717, 1.165) is 12.8 Å². The summed E-state index contributed by atoms with van der Waals surface area (Å²) in [6.45, 7) is 16.2. The zero-order valence-corrected chi connectivity index (χ0v) is 28.1. The van der Waals surface area contributed by atoms with Crippen LogP contribution in [0.25, 0.3) is 11.2 Å². The van der Waals surface area contributed by atoms with Gasteiger partial charge in [0.25, 0.3) is 0 Å². The second kappa shape index (κ2) is 14.4. The summed E-state index contributed by atoms with van der Waals surface area (Å²) in [6, 6.07) is 0. The number of amides is 1. The highest BCUT2D eigenvalue weighted by molar-refractivity contribution is 8.00. The Labute approximate surface area is 253 Å². The number of halogens is 1. The van der Waals surface area contributed by atoms with E-state index < -0.39 is 33.1 Å². The molecule has 0 saturated carbocycles. The molecule has 2 aromatic heterocycles. The number of carbonyl (C=O) groups excluding carboxylic acids is 1. The maximum absolute atomic E-state index is 12.2. The van der Waals surface area contributed by atoms with Crippen LogP contribution in [0.3, 0.4) is 0 Å². The number of carbonyl (C=O) groups is 1. The Bertz CT molecular complexity index is 1170. The van der Waals surface area contributed by atoms with Crippen LogP contribution in [0.2, 0.25) is 16.2 Å². The molecule has 232 valence electrons. The lowest BCUT2D eigenvalue weighted by atomic mass is 10.1. The van der Waals surface area contributed by atoms with Crippen molar-refractivity contribution in [3.8, 4) is 0 Å². The van der Waals surface area contributed by atoms with E-state index in [1.165, 1.54) is 6.33 Å². The topological polar surface area (TPSA) is 141 Å². The summed E-state index contributed by atoms with van der Waals surface area (Å²) < 4.78 is 19.8. The van der Waals surface area contributed by atoms with Crippen molar-refractivity contribution in [1.29, 1.82) is 0 Å². The molecule has 3 heterocycles.